The third-order valence-corrected chi connectivity index (χ3v) is 3.62. The van der Waals surface area contributed by atoms with Crippen LogP contribution in [0.3, 0.4) is 0 Å². The highest BCUT2D eigenvalue weighted by molar-refractivity contribution is 5.16. The first kappa shape index (κ1) is 15.2. The lowest BCUT2D eigenvalue weighted by molar-refractivity contribution is -0.0730. The largest absolute Gasteiger partial charge is 0.373 e. The van der Waals surface area contributed by atoms with E-state index in [2.05, 4.69) is 44.3 Å². The third kappa shape index (κ3) is 3.12. The Morgan fingerprint density at radius 2 is 2.00 bits per heavy atom. The first-order valence-electron chi connectivity index (χ1n) is 6.99. The van der Waals surface area contributed by atoms with Crippen LogP contribution < -0.4 is 5.32 Å². The van der Waals surface area contributed by atoms with Crippen LogP contribution in [0.15, 0.2) is 12.4 Å². The molecule has 0 radical (unpaired) electrons. The maximum Gasteiger partial charge on any atom is 0.0872 e. The Labute approximate surface area is 111 Å². The highest BCUT2D eigenvalue weighted by Crippen LogP contribution is 2.35. The van der Waals surface area contributed by atoms with E-state index in [9.17, 15) is 0 Å². The molecule has 1 heterocycles. The Morgan fingerprint density at radius 3 is 2.39 bits per heavy atom. The summed E-state index contributed by atoms with van der Waals surface area (Å²) in [5, 5.41) is 7.84. The number of ether oxygens (including phenoxy) is 1. The van der Waals surface area contributed by atoms with Crippen LogP contribution in [0.1, 0.15) is 52.1 Å². The molecule has 1 N–H and O–H groups in total. The minimum Gasteiger partial charge on any atom is -0.373 e. The van der Waals surface area contributed by atoms with E-state index in [1.807, 2.05) is 17.9 Å². The second-order valence-electron chi connectivity index (χ2n) is 4.64. The standard InChI is InChI=1S/C14H27N3O/c1-6-14(7-2,18-9-4)13(15-8-3)12-10-16-17(5)11-12/h10-11,13,15H,6-9H2,1-5H3. The summed E-state index contributed by atoms with van der Waals surface area (Å²) in [6, 6.07) is 0.200. The Kier molecular flexibility index (Phi) is 5.82. The van der Waals surface area contributed by atoms with Gasteiger partial charge in [0, 0.05) is 25.4 Å². The van der Waals surface area contributed by atoms with Crippen LogP contribution in [-0.4, -0.2) is 28.5 Å². The molecule has 1 atom stereocenters. The Bertz CT molecular complexity index is 345. The van der Waals surface area contributed by atoms with Crippen LogP contribution in [0.25, 0.3) is 0 Å². The maximum atomic E-state index is 6.11. The smallest absolute Gasteiger partial charge is 0.0872 e. The number of nitrogens with zero attached hydrogens (tertiary/aromatic N) is 2. The Morgan fingerprint density at radius 1 is 1.33 bits per heavy atom. The van der Waals surface area contributed by atoms with Gasteiger partial charge < -0.3 is 10.1 Å². The van der Waals surface area contributed by atoms with Crippen molar-refractivity contribution >= 4 is 0 Å². The van der Waals surface area contributed by atoms with Crippen molar-refractivity contribution in [2.75, 3.05) is 13.2 Å². The Hall–Kier alpha value is -0.870. The van der Waals surface area contributed by atoms with Crippen molar-refractivity contribution in [1.82, 2.24) is 15.1 Å². The molecular weight excluding hydrogens is 226 g/mol. The van der Waals surface area contributed by atoms with Crippen LogP contribution in [0, 0.1) is 0 Å². The molecule has 104 valence electrons. The Balaban J connectivity index is 3.07. The van der Waals surface area contributed by atoms with Crippen LogP contribution in [-0.2, 0) is 11.8 Å². The molecule has 0 aliphatic heterocycles. The van der Waals surface area contributed by atoms with E-state index >= 15 is 0 Å². The van der Waals surface area contributed by atoms with Crippen LogP contribution in [0.5, 0.6) is 0 Å². The van der Waals surface area contributed by atoms with Gasteiger partial charge in [-0.1, -0.05) is 20.8 Å². The van der Waals surface area contributed by atoms with Gasteiger partial charge in [0.05, 0.1) is 17.8 Å². The van der Waals surface area contributed by atoms with Crippen LogP contribution >= 0.6 is 0 Å². The van der Waals surface area contributed by atoms with E-state index in [-0.39, 0.29) is 11.6 Å². The lowest BCUT2D eigenvalue weighted by Gasteiger charge is -2.39. The van der Waals surface area contributed by atoms with Gasteiger partial charge in [-0.25, -0.2) is 0 Å². The second-order valence-corrected chi connectivity index (χ2v) is 4.64. The molecule has 1 rings (SSSR count). The lowest BCUT2D eigenvalue weighted by Crippen LogP contribution is -2.45. The predicted molar refractivity (Wildman–Crippen MR) is 74.6 cm³/mol. The number of rotatable bonds is 8. The average Bonchev–Trinajstić information content (AvgIpc) is 2.80. The molecule has 0 aliphatic rings. The maximum absolute atomic E-state index is 6.11. The SMILES string of the molecule is CCNC(c1cnn(C)c1)C(CC)(CC)OCC. The molecule has 18 heavy (non-hydrogen) atoms. The van der Waals surface area contributed by atoms with Gasteiger partial charge >= 0.3 is 0 Å². The minimum atomic E-state index is -0.145. The topological polar surface area (TPSA) is 39.1 Å². The number of hydrogen-bond donors (Lipinski definition) is 1. The van der Waals surface area contributed by atoms with Gasteiger partial charge in [-0.15, -0.1) is 0 Å². The zero-order valence-corrected chi connectivity index (χ0v) is 12.4. The zero-order chi connectivity index (χ0) is 13.6. The first-order chi connectivity index (χ1) is 8.63. The fourth-order valence-corrected chi connectivity index (χ4v) is 2.63. The van der Waals surface area contributed by atoms with E-state index < -0.39 is 0 Å². The molecule has 0 aromatic carbocycles. The molecule has 1 aromatic rings. The number of nitrogens with one attached hydrogen (secondary N) is 1. The summed E-state index contributed by atoms with van der Waals surface area (Å²) >= 11 is 0. The highest BCUT2D eigenvalue weighted by atomic mass is 16.5. The summed E-state index contributed by atoms with van der Waals surface area (Å²) in [6.07, 6.45) is 5.99. The molecule has 1 aromatic heterocycles. The van der Waals surface area contributed by atoms with Crippen molar-refractivity contribution in [3.63, 3.8) is 0 Å². The summed E-state index contributed by atoms with van der Waals surface area (Å²) in [5.74, 6) is 0. The van der Waals surface area contributed by atoms with Crippen molar-refractivity contribution < 1.29 is 4.74 Å². The van der Waals surface area contributed by atoms with Crippen molar-refractivity contribution in [1.29, 1.82) is 0 Å². The van der Waals surface area contributed by atoms with Crippen LogP contribution in [0.4, 0.5) is 0 Å². The molecule has 4 heteroatoms. The summed E-state index contributed by atoms with van der Waals surface area (Å²) in [6.45, 7) is 10.2. The molecule has 0 aliphatic carbocycles. The van der Waals surface area contributed by atoms with E-state index in [0.29, 0.717) is 0 Å². The molecule has 0 bridgehead atoms. The summed E-state index contributed by atoms with van der Waals surface area (Å²) in [7, 11) is 1.95. The van der Waals surface area contributed by atoms with E-state index in [1.54, 1.807) is 0 Å². The first-order valence-corrected chi connectivity index (χ1v) is 6.99. The van der Waals surface area contributed by atoms with Gasteiger partial charge in [0.25, 0.3) is 0 Å². The molecular formula is C14H27N3O. The molecule has 0 amide bonds. The fourth-order valence-electron chi connectivity index (χ4n) is 2.63. The molecule has 0 spiro atoms. The number of aryl methyl sites for hydroxylation is 1. The highest BCUT2D eigenvalue weighted by Gasteiger charge is 2.37. The predicted octanol–water partition coefficient (Wildman–Crippen LogP) is 2.67. The molecule has 0 saturated carbocycles. The number of aromatic nitrogens is 2. The molecule has 4 nitrogen and oxygen atoms in total. The number of likely N-dealkylation sites (N-methyl/N-ethyl adjacent to an activating group) is 1. The third-order valence-electron chi connectivity index (χ3n) is 3.62. The molecule has 1 unspecified atom stereocenters. The zero-order valence-electron chi connectivity index (χ0n) is 12.4. The minimum absolute atomic E-state index is 0.145. The quantitative estimate of drug-likeness (QED) is 0.774. The van der Waals surface area contributed by atoms with Gasteiger partial charge in [-0.05, 0) is 26.3 Å². The number of hydrogen-bond acceptors (Lipinski definition) is 3. The summed E-state index contributed by atoms with van der Waals surface area (Å²) < 4.78 is 7.96. The van der Waals surface area contributed by atoms with Crippen molar-refractivity contribution in [2.45, 2.75) is 52.2 Å². The van der Waals surface area contributed by atoms with E-state index in [0.717, 1.165) is 26.0 Å². The van der Waals surface area contributed by atoms with Gasteiger partial charge in [-0.3, -0.25) is 4.68 Å². The van der Waals surface area contributed by atoms with Gasteiger partial charge in [-0.2, -0.15) is 5.10 Å². The normalized spacial score (nSPS) is 13.8. The van der Waals surface area contributed by atoms with Gasteiger partial charge in [0.2, 0.25) is 0 Å². The summed E-state index contributed by atoms with van der Waals surface area (Å²) in [4.78, 5) is 0. The average molecular weight is 253 g/mol. The lowest BCUT2D eigenvalue weighted by atomic mass is 9.84. The van der Waals surface area contributed by atoms with Crippen molar-refractivity contribution in [3.05, 3.63) is 18.0 Å². The van der Waals surface area contributed by atoms with Gasteiger partial charge in [0.15, 0.2) is 0 Å². The molecule has 0 fully saturated rings. The van der Waals surface area contributed by atoms with Crippen molar-refractivity contribution in [2.24, 2.45) is 7.05 Å². The van der Waals surface area contributed by atoms with E-state index in [4.69, 9.17) is 4.74 Å². The second kappa shape index (κ2) is 6.90. The van der Waals surface area contributed by atoms with Crippen molar-refractivity contribution in [3.8, 4) is 0 Å². The van der Waals surface area contributed by atoms with E-state index in [1.165, 1.54) is 5.56 Å². The van der Waals surface area contributed by atoms with Gasteiger partial charge in [0.1, 0.15) is 0 Å². The molecule has 0 saturated heterocycles. The monoisotopic (exact) mass is 253 g/mol. The fraction of sp³-hybridized carbons (Fsp3) is 0.786. The summed E-state index contributed by atoms with van der Waals surface area (Å²) in [5.41, 5.74) is 1.06. The van der Waals surface area contributed by atoms with Crippen LogP contribution in [0.2, 0.25) is 0 Å².